The van der Waals surface area contributed by atoms with Crippen molar-refractivity contribution in [2.45, 2.75) is 39.3 Å². The molecule has 0 aliphatic heterocycles. The Hall–Kier alpha value is -0.400. The number of aromatic nitrogens is 2. The van der Waals surface area contributed by atoms with E-state index in [1.165, 1.54) is 0 Å². The van der Waals surface area contributed by atoms with Crippen molar-refractivity contribution in [1.29, 1.82) is 0 Å². The minimum absolute atomic E-state index is 0.468. The van der Waals surface area contributed by atoms with Gasteiger partial charge in [0.25, 0.3) is 0 Å². The molecule has 0 aromatic carbocycles. The molecule has 1 heterocycles. The van der Waals surface area contributed by atoms with Gasteiger partial charge in [-0.25, -0.2) is 4.98 Å². The van der Waals surface area contributed by atoms with E-state index < -0.39 is 0 Å². The van der Waals surface area contributed by atoms with Crippen molar-refractivity contribution in [3.05, 3.63) is 18.2 Å². The molecule has 2 atom stereocenters. The van der Waals surface area contributed by atoms with Crippen molar-refractivity contribution in [3.63, 3.8) is 0 Å². The molecule has 1 N–H and O–H groups in total. The first-order valence-electron chi connectivity index (χ1n) is 4.73. The van der Waals surface area contributed by atoms with Crippen LogP contribution in [0.5, 0.6) is 0 Å². The second-order valence-corrected chi connectivity index (χ2v) is 3.71. The van der Waals surface area contributed by atoms with Crippen molar-refractivity contribution in [2.75, 3.05) is 0 Å². The Balaban J connectivity index is 2.48. The van der Waals surface area contributed by atoms with Gasteiger partial charge >= 0.3 is 0 Å². The quantitative estimate of drug-likeness (QED) is 0.730. The van der Waals surface area contributed by atoms with Crippen molar-refractivity contribution >= 4 is 9.39 Å². The van der Waals surface area contributed by atoms with Crippen LogP contribution < -0.4 is 5.09 Å². The van der Waals surface area contributed by atoms with Crippen LogP contribution in [0.1, 0.15) is 26.0 Å². The summed E-state index contributed by atoms with van der Waals surface area (Å²) in [5.74, 6) is 0. The molecular formula is C9H18N3P. The number of rotatable bonds is 5. The van der Waals surface area contributed by atoms with Gasteiger partial charge in [-0.05, 0) is 13.3 Å². The summed E-state index contributed by atoms with van der Waals surface area (Å²) in [5.41, 5.74) is 1.16. The van der Waals surface area contributed by atoms with Gasteiger partial charge in [-0.2, -0.15) is 0 Å². The number of imidazole rings is 1. The molecule has 3 nitrogen and oxygen atoms in total. The maximum Gasteiger partial charge on any atom is 0.0949 e. The second kappa shape index (κ2) is 5.36. The average molecular weight is 199 g/mol. The highest BCUT2D eigenvalue weighted by atomic mass is 31.0. The van der Waals surface area contributed by atoms with Gasteiger partial charge < -0.3 is 4.57 Å². The minimum atomic E-state index is 0.468. The molecule has 1 rings (SSSR count). The first-order chi connectivity index (χ1) is 6.26. The fraction of sp³-hybridized carbons (Fsp3) is 0.667. The Morgan fingerprint density at radius 3 is 3.08 bits per heavy atom. The molecule has 0 bridgehead atoms. The SMILES string of the molecule is CCCn1cnc(CC(C)NP)c1. The van der Waals surface area contributed by atoms with Gasteiger partial charge in [0, 0.05) is 25.2 Å². The Labute approximate surface area is 82.2 Å². The van der Waals surface area contributed by atoms with Crippen molar-refractivity contribution in [1.82, 2.24) is 14.6 Å². The normalized spacial score (nSPS) is 13.2. The lowest BCUT2D eigenvalue weighted by atomic mass is 10.2. The average Bonchev–Trinajstić information content (AvgIpc) is 2.53. The zero-order chi connectivity index (χ0) is 9.68. The van der Waals surface area contributed by atoms with Crippen LogP contribution in [0.25, 0.3) is 0 Å². The van der Waals surface area contributed by atoms with Gasteiger partial charge in [0.2, 0.25) is 0 Å². The number of aryl methyl sites for hydroxylation is 1. The summed E-state index contributed by atoms with van der Waals surface area (Å²) in [6, 6.07) is 0.468. The number of nitrogens with one attached hydrogen (secondary N) is 1. The lowest BCUT2D eigenvalue weighted by Gasteiger charge is -2.06. The van der Waals surface area contributed by atoms with Gasteiger partial charge in [-0.1, -0.05) is 16.3 Å². The molecule has 1 aromatic rings. The number of hydrogen-bond donors (Lipinski definition) is 1. The molecule has 0 saturated heterocycles. The molecule has 0 aliphatic rings. The maximum absolute atomic E-state index is 4.34. The highest BCUT2D eigenvalue weighted by molar-refractivity contribution is 7.13. The maximum atomic E-state index is 4.34. The third kappa shape index (κ3) is 3.45. The van der Waals surface area contributed by atoms with E-state index in [0.29, 0.717) is 6.04 Å². The van der Waals surface area contributed by atoms with E-state index in [9.17, 15) is 0 Å². The molecule has 0 radical (unpaired) electrons. The predicted molar refractivity (Wildman–Crippen MR) is 58.5 cm³/mol. The van der Waals surface area contributed by atoms with Gasteiger partial charge in [0.05, 0.1) is 12.0 Å². The van der Waals surface area contributed by atoms with Gasteiger partial charge in [0.1, 0.15) is 0 Å². The molecule has 74 valence electrons. The molecule has 0 aliphatic carbocycles. The summed E-state index contributed by atoms with van der Waals surface area (Å²) < 4.78 is 2.14. The van der Waals surface area contributed by atoms with E-state index in [-0.39, 0.29) is 0 Å². The monoisotopic (exact) mass is 199 g/mol. The van der Waals surface area contributed by atoms with Gasteiger partial charge in [-0.15, -0.1) is 0 Å². The van der Waals surface area contributed by atoms with E-state index in [0.717, 1.165) is 25.1 Å². The van der Waals surface area contributed by atoms with Crippen LogP contribution in [-0.4, -0.2) is 15.6 Å². The molecule has 0 amide bonds. The summed E-state index contributed by atoms with van der Waals surface area (Å²) in [6.45, 7) is 5.38. The van der Waals surface area contributed by atoms with Crippen LogP contribution >= 0.6 is 9.39 Å². The second-order valence-electron chi connectivity index (χ2n) is 3.37. The van der Waals surface area contributed by atoms with Crippen LogP contribution in [0, 0.1) is 0 Å². The largest absolute Gasteiger partial charge is 0.337 e. The van der Waals surface area contributed by atoms with Gasteiger partial charge in [-0.3, -0.25) is 5.09 Å². The molecule has 1 aromatic heterocycles. The molecule has 2 unspecified atom stereocenters. The third-order valence-electron chi connectivity index (χ3n) is 1.97. The fourth-order valence-electron chi connectivity index (χ4n) is 1.26. The Bertz CT molecular complexity index is 247. The van der Waals surface area contributed by atoms with E-state index in [4.69, 9.17) is 0 Å². The van der Waals surface area contributed by atoms with E-state index in [1.54, 1.807) is 0 Å². The Morgan fingerprint density at radius 2 is 2.46 bits per heavy atom. The summed E-state index contributed by atoms with van der Waals surface area (Å²) >= 11 is 0. The van der Waals surface area contributed by atoms with E-state index in [1.807, 2.05) is 6.33 Å². The Morgan fingerprint density at radius 1 is 1.69 bits per heavy atom. The molecule has 4 heteroatoms. The highest BCUT2D eigenvalue weighted by Crippen LogP contribution is 2.02. The summed E-state index contributed by atoms with van der Waals surface area (Å²) in [6.07, 6.45) is 6.18. The minimum Gasteiger partial charge on any atom is -0.337 e. The van der Waals surface area contributed by atoms with Crippen LogP contribution in [-0.2, 0) is 13.0 Å². The van der Waals surface area contributed by atoms with Crippen molar-refractivity contribution in [2.24, 2.45) is 0 Å². The first kappa shape index (κ1) is 10.7. The third-order valence-corrected chi connectivity index (χ3v) is 2.54. The topological polar surface area (TPSA) is 29.9 Å². The van der Waals surface area contributed by atoms with E-state index in [2.05, 4.69) is 44.1 Å². The highest BCUT2D eigenvalue weighted by Gasteiger charge is 2.03. The van der Waals surface area contributed by atoms with E-state index >= 15 is 0 Å². The molecule has 0 spiro atoms. The lowest BCUT2D eigenvalue weighted by molar-refractivity contribution is 0.667. The number of hydrogen-bond acceptors (Lipinski definition) is 2. The zero-order valence-electron chi connectivity index (χ0n) is 8.33. The lowest BCUT2D eigenvalue weighted by Crippen LogP contribution is -2.18. The summed E-state index contributed by atoms with van der Waals surface area (Å²) in [5, 5.41) is 3.12. The van der Waals surface area contributed by atoms with Crippen LogP contribution in [0.2, 0.25) is 0 Å². The van der Waals surface area contributed by atoms with Crippen LogP contribution in [0.4, 0.5) is 0 Å². The van der Waals surface area contributed by atoms with Crippen LogP contribution in [0.15, 0.2) is 12.5 Å². The number of nitrogens with zero attached hydrogens (tertiary/aromatic N) is 2. The first-order valence-corrected chi connectivity index (χ1v) is 5.30. The van der Waals surface area contributed by atoms with Crippen molar-refractivity contribution < 1.29 is 0 Å². The molecule has 13 heavy (non-hydrogen) atoms. The van der Waals surface area contributed by atoms with Crippen molar-refractivity contribution in [3.8, 4) is 0 Å². The predicted octanol–water partition coefficient (Wildman–Crippen LogP) is 1.60. The smallest absolute Gasteiger partial charge is 0.0949 e. The molecular weight excluding hydrogens is 181 g/mol. The Kier molecular flexibility index (Phi) is 4.40. The molecule has 0 fully saturated rings. The standard InChI is InChI=1S/C9H18N3P/c1-3-4-12-6-9(10-7-12)5-8(2)11-13/h6-8,11H,3-5,13H2,1-2H3. The van der Waals surface area contributed by atoms with Gasteiger partial charge in [0.15, 0.2) is 0 Å². The fourth-order valence-corrected chi connectivity index (χ4v) is 1.38. The van der Waals surface area contributed by atoms with Crippen LogP contribution in [0.3, 0.4) is 0 Å². The molecule has 0 saturated carbocycles. The zero-order valence-corrected chi connectivity index (χ0v) is 9.48. The summed E-state index contributed by atoms with van der Waals surface area (Å²) in [4.78, 5) is 4.34. The summed E-state index contributed by atoms with van der Waals surface area (Å²) in [7, 11) is 2.53.